The topological polar surface area (TPSA) is 108 Å². The maximum Gasteiger partial charge on any atom is 0.343 e. The molecule has 1 atom stereocenters. The number of amides is 1. The van der Waals surface area contributed by atoms with Gasteiger partial charge in [0.1, 0.15) is 0 Å². The number of hydrogen-bond acceptors (Lipinski definition) is 7. The van der Waals surface area contributed by atoms with Gasteiger partial charge in [0.05, 0.1) is 26.2 Å². The predicted octanol–water partition coefficient (Wildman–Crippen LogP) is 0.577. The molecule has 0 fully saturated rings. The van der Waals surface area contributed by atoms with Crippen LogP contribution in [0.5, 0.6) is 0 Å². The first-order valence-electron chi connectivity index (χ1n) is 7.54. The van der Waals surface area contributed by atoms with Crippen LogP contribution in [0.2, 0.25) is 0 Å². The van der Waals surface area contributed by atoms with Gasteiger partial charge in [-0.25, -0.2) is 9.59 Å². The monoisotopic (exact) mass is 331 g/mol. The standard InChI is InChI=1S/C15H25NO7/c1-6-21-12(18)9-10(4)15(16-11(5)17,13(19)22-7-2)14(20)23-8-3/h10H,6-9H2,1-5H3,(H,16,17). The molecule has 1 unspecified atom stereocenters. The third-order valence-corrected chi connectivity index (χ3v) is 3.09. The summed E-state index contributed by atoms with van der Waals surface area (Å²) in [6.07, 6.45) is -0.258. The summed E-state index contributed by atoms with van der Waals surface area (Å²) in [4.78, 5) is 48.1. The van der Waals surface area contributed by atoms with Gasteiger partial charge in [-0.1, -0.05) is 6.92 Å². The molecule has 0 rings (SSSR count). The van der Waals surface area contributed by atoms with E-state index in [9.17, 15) is 19.2 Å². The summed E-state index contributed by atoms with van der Waals surface area (Å²) in [6, 6.07) is 0. The van der Waals surface area contributed by atoms with Crippen LogP contribution in [-0.4, -0.2) is 49.2 Å². The highest BCUT2D eigenvalue weighted by Gasteiger charge is 2.54. The van der Waals surface area contributed by atoms with Crippen LogP contribution in [0.1, 0.15) is 41.0 Å². The predicted molar refractivity (Wildman–Crippen MR) is 80.2 cm³/mol. The molecule has 132 valence electrons. The van der Waals surface area contributed by atoms with Crippen molar-refractivity contribution in [2.45, 2.75) is 46.6 Å². The van der Waals surface area contributed by atoms with E-state index in [1.807, 2.05) is 0 Å². The lowest BCUT2D eigenvalue weighted by atomic mass is 9.82. The van der Waals surface area contributed by atoms with E-state index in [-0.39, 0.29) is 26.2 Å². The van der Waals surface area contributed by atoms with Gasteiger partial charge < -0.3 is 19.5 Å². The van der Waals surface area contributed by atoms with Crippen LogP contribution >= 0.6 is 0 Å². The number of rotatable bonds is 9. The van der Waals surface area contributed by atoms with E-state index in [1.54, 1.807) is 20.8 Å². The van der Waals surface area contributed by atoms with Gasteiger partial charge >= 0.3 is 17.9 Å². The van der Waals surface area contributed by atoms with Crippen LogP contribution in [0.4, 0.5) is 0 Å². The molecule has 0 saturated heterocycles. The molecule has 1 N–H and O–H groups in total. The van der Waals surface area contributed by atoms with Crippen molar-refractivity contribution in [1.29, 1.82) is 0 Å². The fourth-order valence-corrected chi connectivity index (χ4v) is 2.10. The van der Waals surface area contributed by atoms with Crippen molar-refractivity contribution in [2.75, 3.05) is 19.8 Å². The molecule has 0 aromatic carbocycles. The van der Waals surface area contributed by atoms with Gasteiger partial charge in [-0.15, -0.1) is 0 Å². The van der Waals surface area contributed by atoms with Gasteiger partial charge in [-0.2, -0.15) is 0 Å². The molecule has 0 bridgehead atoms. The largest absolute Gasteiger partial charge is 0.466 e. The second-order valence-corrected chi connectivity index (χ2v) is 4.84. The molecule has 1 amide bonds. The normalized spacial score (nSPS) is 12.0. The molecular weight excluding hydrogens is 306 g/mol. The molecule has 0 aromatic heterocycles. The summed E-state index contributed by atoms with van der Waals surface area (Å²) in [7, 11) is 0. The lowest BCUT2D eigenvalue weighted by Gasteiger charge is -2.34. The molecule has 23 heavy (non-hydrogen) atoms. The summed E-state index contributed by atoms with van der Waals surface area (Å²) >= 11 is 0. The number of hydrogen-bond donors (Lipinski definition) is 1. The Morgan fingerprint density at radius 2 is 1.35 bits per heavy atom. The molecule has 0 aliphatic heterocycles. The van der Waals surface area contributed by atoms with Crippen molar-refractivity contribution in [3.05, 3.63) is 0 Å². The first-order valence-corrected chi connectivity index (χ1v) is 7.54. The van der Waals surface area contributed by atoms with Crippen LogP contribution < -0.4 is 5.32 Å². The molecular formula is C15H25NO7. The molecule has 0 heterocycles. The number of ether oxygens (including phenoxy) is 3. The zero-order valence-electron chi connectivity index (χ0n) is 14.3. The molecule has 0 aromatic rings. The zero-order chi connectivity index (χ0) is 18.0. The van der Waals surface area contributed by atoms with Crippen LogP contribution in [0.15, 0.2) is 0 Å². The van der Waals surface area contributed by atoms with Crippen molar-refractivity contribution >= 4 is 23.8 Å². The number of nitrogens with one attached hydrogen (secondary N) is 1. The van der Waals surface area contributed by atoms with Gasteiger partial charge in [0.25, 0.3) is 0 Å². The molecule has 0 saturated carbocycles. The van der Waals surface area contributed by atoms with E-state index in [4.69, 9.17) is 14.2 Å². The van der Waals surface area contributed by atoms with Crippen molar-refractivity contribution in [1.82, 2.24) is 5.32 Å². The highest BCUT2D eigenvalue weighted by molar-refractivity contribution is 6.08. The van der Waals surface area contributed by atoms with E-state index in [2.05, 4.69) is 5.32 Å². The maximum atomic E-state index is 12.4. The molecule has 8 heteroatoms. The van der Waals surface area contributed by atoms with Crippen LogP contribution in [0.25, 0.3) is 0 Å². The highest BCUT2D eigenvalue weighted by atomic mass is 16.6. The minimum atomic E-state index is -2.09. The Balaban J connectivity index is 5.76. The zero-order valence-corrected chi connectivity index (χ0v) is 14.3. The van der Waals surface area contributed by atoms with E-state index >= 15 is 0 Å². The number of esters is 3. The summed E-state index contributed by atoms with van der Waals surface area (Å²) in [5, 5.41) is 2.31. The average Bonchev–Trinajstić information content (AvgIpc) is 2.44. The minimum Gasteiger partial charge on any atom is -0.466 e. The molecule has 0 aliphatic rings. The molecule has 8 nitrogen and oxygen atoms in total. The maximum absolute atomic E-state index is 12.4. The lowest BCUT2D eigenvalue weighted by molar-refractivity contribution is -0.172. The fraction of sp³-hybridized carbons (Fsp3) is 0.733. The minimum absolute atomic E-state index is 0.00565. The van der Waals surface area contributed by atoms with E-state index in [1.165, 1.54) is 6.92 Å². The quantitative estimate of drug-likeness (QED) is 0.374. The number of carbonyl (C=O) groups is 4. The summed E-state index contributed by atoms with van der Waals surface area (Å²) in [5.74, 6) is -4.07. The Morgan fingerprint density at radius 1 is 0.913 bits per heavy atom. The van der Waals surface area contributed by atoms with E-state index < -0.39 is 35.3 Å². The Bertz CT molecular complexity index is 429. The Morgan fingerprint density at radius 3 is 1.70 bits per heavy atom. The van der Waals surface area contributed by atoms with Gasteiger partial charge in [0.2, 0.25) is 11.4 Å². The van der Waals surface area contributed by atoms with Crippen LogP contribution in [0, 0.1) is 5.92 Å². The lowest BCUT2D eigenvalue weighted by Crippen LogP contribution is -2.65. The second-order valence-electron chi connectivity index (χ2n) is 4.84. The van der Waals surface area contributed by atoms with Gasteiger partial charge in [-0.05, 0) is 20.8 Å². The highest BCUT2D eigenvalue weighted by Crippen LogP contribution is 2.25. The first-order chi connectivity index (χ1) is 10.8. The summed E-state index contributed by atoms with van der Waals surface area (Å²) in [6.45, 7) is 7.58. The Kier molecular flexibility index (Phi) is 8.90. The smallest absolute Gasteiger partial charge is 0.343 e. The summed E-state index contributed by atoms with van der Waals surface area (Å²) in [5.41, 5.74) is -2.09. The Hall–Kier alpha value is -2.12. The average molecular weight is 331 g/mol. The third kappa shape index (κ3) is 5.54. The van der Waals surface area contributed by atoms with Crippen molar-refractivity contribution < 1.29 is 33.4 Å². The summed E-state index contributed by atoms with van der Waals surface area (Å²) < 4.78 is 14.7. The fourth-order valence-electron chi connectivity index (χ4n) is 2.10. The SMILES string of the molecule is CCOC(=O)CC(C)C(NC(C)=O)(C(=O)OCC)C(=O)OCC. The molecule has 0 aliphatic carbocycles. The second kappa shape index (κ2) is 9.81. The van der Waals surface area contributed by atoms with Crippen LogP contribution in [-0.2, 0) is 33.4 Å². The molecule has 0 spiro atoms. The number of carbonyl (C=O) groups excluding carboxylic acids is 4. The van der Waals surface area contributed by atoms with Crippen LogP contribution in [0.3, 0.4) is 0 Å². The van der Waals surface area contributed by atoms with E-state index in [0.717, 1.165) is 6.92 Å². The molecule has 0 radical (unpaired) electrons. The van der Waals surface area contributed by atoms with Crippen molar-refractivity contribution in [2.24, 2.45) is 5.92 Å². The Labute approximate surface area is 135 Å². The van der Waals surface area contributed by atoms with Gasteiger partial charge in [0.15, 0.2) is 0 Å². The third-order valence-electron chi connectivity index (χ3n) is 3.09. The van der Waals surface area contributed by atoms with Crippen molar-refractivity contribution in [3.8, 4) is 0 Å². The van der Waals surface area contributed by atoms with Crippen molar-refractivity contribution in [3.63, 3.8) is 0 Å². The first kappa shape index (κ1) is 20.9. The van der Waals surface area contributed by atoms with Gasteiger partial charge in [-0.3, -0.25) is 9.59 Å². The van der Waals surface area contributed by atoms with E-state index in [0.29, 0.717) is 0 Å². The van der Waals surface area contributed by atoms with Gasteiger partial charge in [0, 0.05) is 12.8 Å².